The second kappa shape index (κ2) is 15.1. The number of hydrogen-bond acceptors (Lipinski definition) is 8. The Kier molecular flexibility index (Phi) is 10.7. The molecule has 45 heavy (non-hydrogen) atoms. The van der Waals surface area contributed by atoms with Gasteiger partial charge in [-0.3, -0.25) is 24.0 Å². The van der Waals surface area contributed by atoms with Gasteiger partial charge in [0.2, 0.25) is 5.91 Å². The smallest absolute Gasteiger partial charge is 0.252 e. The molecular weight excluding hydrogens is 570 g/mol. The number of nitrogens with two attached hydrogens (primary N) is 1. The maximum atomic E-state index is 12.8. The van der Waals surface area contributed by atoms with Crippen molar-refractivity contribution in [3.63, 3.8) is 0 Å². The molecule has 2 aromatic heterocycles. The normalized spacial score (nSPS) is 19.3. The summed E-state index contributed by atoms with van der Waals surface area (Å²) in [5.74, 6) is -0.163. The number of hydrogen-bond donors (Lipinski definition) is 3. The molecule has 238 valence electrons. The molecule has 11 nitrogen and oxygen atoms in total. The molecule has 1 aliphatic heterocycles. The number of aromatic nitrogens is 3. The van der Waals surface area contributed by atoms with Gasteiger partial charge in [-0.15, -0.1) is 0 Å². The lowest BCUT2D eigenvalue weighted by Gasteiger charge is -2.35. The fourth-order valence-corrected chi connectivity index (χ4v) is 6.31. The molecule has 3 aromatic rings. The lowest BCUT2D eigenvalue weighted by Crippen LogP contribution is -2.44. The number of pyridine rings is 1. The summed E-state index contributed by atoms with van der Waals surface area (Å²) in [6.07, 6.45) is 12.0. The van der Waals surface area contributed by atoms with E-state index >= 15 is 0 Å². The third-order valence-corrected chi connectivity index (χ3v) is 9.15. The topological polar surface area (TPSA) is 152 Å². The number of benzene rings is 1. The van der Waals surface area contributed by atoms with Crippen molar-refractivity contribution in [2.75, 3.05) is 32.0 Å². The number of carbonyl (C=O) groups is 4. The second-order valence-corrected chi connectivity index (χ2v) is 12.4. The van der Waals surface area contributed by atoms with Gasteiger partial charge < -0.3 is 26.1 Å². The van der Waals surface area contributed by atoms with Crippen LogP contribution in [0, 0.1) is 5.92 Å². The summed E-state index contributed by atoms with van der Waals surface area (Å²) >= 11 is 0. The van der Waals surface area contributed by atoms with E-state index in [1.165, 1.54) is 5.69 Å². The highest BCUT2D eigenvalue weighted by Gasteiger charge is 2.31. The van der Waals surface area contributed by atoms with Crippen LogP contribution in [0.25, 0.3) is 11.3 Å². The van der Waals surface area contributed by atoms with E-state index in [0.717, 1.165) is 69.4 Å². The van der Waals surface area contributed by atoms with E-state index in [1.807, 2.05) is 6.20 Å². The number of rotatable bonds is 15. The summed E-state index contributed by atoms with van der Waals surface area (Å²) < 4.78 is 2.09. The monoisotopic (exact) mass is 613 g/mol. The van der Waals surface area contributed by atoms with Crippen LogP contribution in [0.1, 0.15) is 89.7 Å². The SMILES string of the molecule is CN1CCC(c2cccc(-c3cnn(C4CC(CCCNc5ccc(C=O)c(C(=O)NC(CCC=O)C(N)=O)c5)C4)c3)n2)CC1. The minimum absolute atomic E-state index is 0.0888. The van der Waals surface area contributed by atoms with E-state index in [4.69, 9.17) is 10.7 Å². The second-order valence-electron chi connectivity index (χ2n) is 12.4. The van der Waals surface area contributed by atoms with Crippen LogP contribution in [0.4, 0.5) is 5.69 Å². The summed E-state index contributed by atoms with van der Waals surface area (Å²) in [7, 11) is 2.18. The van der Waals surface area contributed by atoms with Crippen LogP contribution in [0.3, 0.4) is 0 Å². The van der Waals surface area contributed by atoms with Gasteiger partial charge in [0.05, 0.1) is 23.5 Å². The number of primary amides is 1. The van der Waals surface area contributed by atoms with Crippen LogP contribution in [0.2, 0.25) is 0 Å². The van der Waals surface area contributed by atoms with Gasteiger partial charge in [0.25, 0.3) is 5.91 Å². The molecule has 1 unspecified atom stereocenters. The maximum Gasteiger partial charge on any atom is 0.252 e. The van der Waals surface area contributed by atoms with Crippen molar-refractivity contribution in [3.05, 3.63) is 65.6 Å². The highest BCUT2D eigenvalue weighted by molar-refractivity contribution is 6.03. The minimum atomic E-state index is -0.990. The zero-order chi connectivity index (χ0) is 31.8. The molecule has 0 spiro atoms. The van der Waals surface area contributed by atoms with Crippen molar-refractivity contribution in [2.24, 2.45) is 11.7 Å². The van der Waals surface area contributed by atoms with Gasteiger partial charge in [-0.25, -0.2) is 0 Å². The molecule has 5 rings (SSSR count). The highest BCUT2D eigenvalue weighted by Crippen LogP contribution is 2.40. The molecule has 1 aliphatic carbocycles. The fraction of sp³-hybridized carbons (Fsp3) is 0.471. The first kappa shape index (κ1) is 32.0. The Morgan fingerprint density at radius 2 is 1.93 bits per heavy atom. The predicted octanol–water partition coefficient (Wildman–Crippen LogP) is 3.97. The Bertz CT molecular complexity index is 1490. The van der Waals surface area contributed by atoms with Crippen molar-refractivity contribution < 1.29 is 19.2 Å². The van der Waals surface area contributed by atoms with E-state index in [2.05, 4.69) is 56.8 Å². The molecule has 2 fully saturated rings. The number of aldehydes is 2. The van der Waals surface area contributed by atoms with Crippen LogP contribution in [0.15, 0.2) is 48.8 Å². The van der Waals surface area contributed by atoms with E-state index in [-0.39, 0.29) is 24.0 Å². The van der Waals surface area contributed by atoms with Crippen LogP contribution in [0.5, 0.6) is 0 Å². The largest absolute Gasteiger partial charge is 0.385 e. The number of anilines is 1. The Balaban J connectivity index is 1.07. The minimum Gasteiger partial charge on any atom is -0.385 e. The van der Waals surface area contributed by atoms with Gasteiger partial charge in [0, 0.05) is 47.6 Å². The van der Waals surface area contributed by atoms with Gasteiger partial charge in [0.15, 0.2) is 6.29 Å². The third kappa shape index (κ3) is 8.21. The van der Waals surface area contributed by atoms with Crippen molar-refractivity contribution in [1.29, 1.82) is 0 Å². The average molecular weight is 614 g/mol. The van der Waals surface area contributed by atoms with Gasteiger partial charge in [-0.1, -0.05) is 6.07 Å². The Morgan fingerprint density at radius 3 is 2.67 bits per heavy atom. The number of likely N-dealkylation sites (tertiary alicyclic amines) is 1. The molecule has 1 atom stereocenters. The molecule has 11 heteroatoms. The van der Waals surface area contributed by atoms with Gasteiger partial charge in [0.1, 0.15) is 12.3 Å². The van der Waals surface area contributed by atoms with Gasteiger partial charge in [-0.2, -0.15) is 5.10 Å². The van der Waals surface area contributed by atoms with Crippen molar-refractivity contribution in [2.45, 2.75) is 69.4 Å². The summed E-state index contributed by atoms with van der Waals surface area (Å²) in [5.41, 5.74) is 9.68. The van der Waals surface area contributed by atoms with Gasteiger partial charge in [-0.05, 0) is 101 Å². The molecule has 2 aliphatic rings. The van der Waals surface area contributed by atoms with E-state index < -0.39 is 17.9 Å². The molecule has 4 N–H and O–H groups in total. The van der Waals surface area contributed by atoms with Crippen LogP contribution in [-0.2, 0) is 9.59 Å². The van der Waals surface area contributed by atoms with Crippen molar-refractivity contribution >= 4 is 30.1 Å². The Hall–Kier alpha value is -4.38. The summed E-state index contributed by atoms with van der Waals surface area (Å²) in [6.45, 7) is 2.95. The first-order valence-electron chi connectivity index (χ1n) is 15.9. The Labute approximate surface area is 264 Å². The average Bonchev–Trinajstić information content (AvgIpc) is 3.52. The maximum absolute atomic E-state index is 12.8. The van der Waals surface area contributed by atoms with Crippen LogP contribution < -0.4 is 16.4 Å². The molecule has 0 radical (unpaired) electrons. The quantitative estimate of drug-likeness (QED) is 0.172. The zero-order valence-electron chi connectivity index (χ0n) is 25.9. The molecule has 1 aromatic carbocycles. The van der Waals surface area contributed by atoms with Crippen molar-refractivity contribution in [3.8, 4) is 11.3 Å². The van der Waals surface area contributed by atoms with Gasteiger partial charge >= 0.3 is 0 Å². The first-order valence-corrected chi connectivity index (χ1v) is 15.9. The number of piperidine rings is 1. The molecule has 3 heterocycles. The number of nitrogens with zero attached hydrogens (tertiary/aromatic N) is 4. The fourth-order valence-electron chi connectivity index (χ4n) is 6.31. The zero-order valence-corrected chi connectivity index (χ0v) is 25.9. The lowest BCUT2D eigenvalue weighted by molar-refractivity contribution is -0.120. The molecular formula is C34H43N7O4. The van der Waals surface area contributed by atoms with Crippen molar-refractivity contribution in [1.82, 2.24) is 25.0 Å². The molecule has 1 saturated carbocycles. The molecule has 2 amide bonds. The summed E-state index contributed by atoms with van der Waals surface area (Å²) in [5, 5.41) is 10.6. The highest BCUT2D eigenvalue weighted by atomic mass is 16.2. The number of nitrogens with one attached hydrogen (secondary N) is 2. The summed E-state index contributed by atoms with van der Waals surface area (Å²) in [4.78, 5) is 54.1. The standard InChI is InChI=1S/C34H43N7O4/c1-40-14-11-24(12-15-40)30-6-2-7-31(38-30)26-20-37-41(21-26)28-17-23(18-28)5-3-13-36-27-10-9-25(22-43)29(19-27)34(45)39-32(33(35)44)8-4-16-42/h2,6-7,9-10,16,19-24,28,32,36H,3-5,8,11-15,17-18H2,1H3,(H2,35,44)(H,39,45). The summed E-state index contributed by atoms with van der Waals surface area (Å²) in [6, 6.07) is 10.7. The van der Waals surface area contributed by atoms with Crippen LogP contribution >= 0.6 is 0 Å². The van der Waals surface area contributed by atoms with E-state index in [1.54, 1.807) is 18.2 Å². The third-order valence-electron chi connectivity index (χ3n) is 9.15. The Morgan fingerprint density at radius 1 is 1.13 bits per heavy atom. The predicted molar refractivity (Wildman–Crippen MR) is 172 cm³/mol. The van der Waals surface area contributed by atoms with Crippen LogP contribution in [-0.4, -0.2) is 76.8 Å². The first-order chi connectivity index (χ1) is 21.8. The lowest BCUT2D eigenvalue weighted by atomic mass is 9.77. The van der Waals surface area contributed by atoms with E-state index in [0.29, 0.717) is 36.1 Å². The van der Waals surface area contributed by atoms with E-state index in [9.17, 15) is 19.2 Å². The molecule has 0 bridgehead atoms. The number of carbonyl (C=O) groups excluding carboxylic acids is 4. The molecule has 1 saturated heterocycles. The number of amides is 2.